The molecule has 2 heterocycles. The fraction of sp³-hybridized carbons (Fsp3) is 0.667. The molecular formula is C3H2O3. The summed E-state index contributed by atoms with van der Waals surface area (Å²) in [7, 11) is 0. The fourth-order valence-corrected chi connectivity index (χ4v) is 0.386. The maximum atomic E-state index is 9.68. The Labute approximate surface area is 33.8 Å². The second-order valence-corrected chi connectivity index (χ2v) is 1.41. The Hall–Kier alpha value is -0.410. The van der Waals surface area contributed by atoms with E-state index in [-0.39, 0.29) is 6.29 Å². The molecule has 0 amide bonds. The molecule has 3 heteroatoms. The van der Waals surface area contributed by atoms with Crippen LogP contribution in [0.15, 0.2) is 0 Å². The smallest absolute Gasteiger partial charge is 0.283 e. The van der Waals surface area contributed by atoms with Gasteiger partial charge < -0.3 is 9.47 Å². The van der Waals surface area contributed by atoms with E-state index < -0.39 is 5.79 Å². The zero-order chi connectivity index (χ0) is 4.20. The fourth-order valence-electron chi connectivity index (χ4n) is 0.386. The summed E-state index contributed by atoms with van der Waals surface area (Å²) < 4.78 is 9.10. The van der Waals surface area contributed by atoms with E-state index in [4.69, 9.17) is 0 Å². The molecule has 0 unspecified atom stereocenters. The van der Waals surface area contributed by atoms with Crippen LogP contribution in [0.4, 0.5) is 0 Å². The number of aldehydes is 1. The van der Waals surface area contributed by atoms with E-state index in [1.54, 1.807) is 0 Å². The molecule has 0 bridgehead atoms. The first-order chi connectivity index (χ1) is 2.87. The number of rotatable bonds is 1. The first-order valence-corrected chi connectivity index (χ1v) is 1.69. The lowest BCUT2D eigenvalue weighted by atomic mass is 10.5. The van der Waals surface area contributed by atoms with Gasteiger partial charge in [-0.05, 0) is 0 Å². The minimum Gasteiger partial charge on any atom is -0.304 e. The van der Waals surface area contributed by atoms with Crippen molar-refractivity contribution in [3.63, 3.8) is 0 Å². The molecule has 0 aromatic heterocycles. The van der Waals surface area contributed by atoms with E-state index in [1.807, 2.05) is 0 Å². The summed E-state index contributed by atoms with van der Waals surface area (Å²) in [5, 5.41) is 0. The molecule has 32 valence electrons. The Kier molecular flexibility index (Phi) is 0.199. The summed E-state index contributed by atoms with van der Waals surface area (Å²) >= 11 is 0. The van der Waals surface area contributed by atoms with Gasteiger partial charge in [0.1, 0.15) is 0 Å². The maximum absolute atomic E-state index is 9.68. The van der Waals surface area contributed by atoms with Gasteiger partial charge in [0, 0.05) is 0 Å². The highest BCUT2D eigenvalue weighted by molar-refractivity contribution is 5.68. The maximum Gasteiger partial charge on any atom is 0.283 e. The minimum absolute atomic E-state index is 0.157. The molecular weight excluding hydrogens is 84.0 g/mol. The zero-order valence-electron chi connectivity index (χ0n) is 2.88. The zero-order valence-corrected chi connectivity index (χ0v) is 2.88. The predicted molar refractivity (Wildman–Crippen MR) is 14.8 cm³/mol. The third-order valence-electron chi connectivity index (χ3n) is 0.961. The van der Waals surface area contributed by atoms with Crippen molar-refractivity contribution in [2.45, 2.75) is 12.1 Å². The van der Waals surface area contributed by atoms with Crippen LogP contribution in [0.2, 0.25) is 0 Å². The van der Waals surface area contributed by atoms with Crippen molar-refractivity contribution >= 4 is 6.29 Å². The molecule has 0 aromatic rings. The molecule has 3 nitrogen and oxygen atoms in total. The number of carbonyl (C=O) groups is 1. The van der Waals surface area contributed by atoms with E-state index in [2.05, 4.69) is 9.47 Å². The summed E-state index contributed by atoms with van der Waals surface area (Å²) in [6.07, 6.45) is 0.521. The average Bonchev–Trinajstić information content (AvgIpc) is 2.12. The number of ether oxygens (including phenoxy) is 2. The monoisotopic (exact) mass is 86.0 g/mol. The van der Waals surface area contributed by atoms with Crippen LogP contribution in [-0.2, 0) is 14.3 Å². The van der Waals surface area contributed by atoms with Crippen molar-refractivity contribution in [2.75, 3.05) is 0 Å². The summed E-state index contributed by atoms with van der Waals surface area (Å²) in [4.78, 5) is 9.68. The van der Waals surface area contributed by atoms with Gasteiger partial charge in [0.2, 0.25) is 6.29 Å². The van der Waals surface area contributed by atoms with Gasteiger partial charge in [-0.1, -0.05) is 0 Å². The summed E-state index contributed by atoms with van der Waals surface area (Å²) in [6.45, 7) is 0. The van der Waals surface area contributed by atoms with Crippen LogP contribution in [0.25, 0.3) is 0 Å². The van der Waals surface area contributed by atoms with Crippen molar-refractivity contribution < 1.29 is 14.3 Å². The average molecular weight is 86.0 g/mol. The van der Waals surface area contributed by atoms with Gasteiger partial charge in [0.25, 0.3) is 5.79 Å². The molecule has 2 rings (SSSR count). The molecule has 2 aliphatic heterocycles. The lowest BCUT2D eigenvalue weighted by molar-refractivity contribution is -0.126. The van der Waals surface area contributed by atoms with Crippen LogP contribution in [0.3, 0.4) is 0 Å². The van der Waals surface area contributed by atoms with Crippen LogP contribution in [-0.4, -0.2) is 18.4 Å². The molecule has 0 spiro atoms. The SMILES string of the molecule is O=CC12OC1O2. The summed E-state index contributed by atoms with van der Waals surface area (Å²) in [5.41, 5.74) is 0. The summed E-state index contributed by atoms with van der Waals surface area (Å²) in [6, 6.07) is 0. The Morgan fingerprint density at radius 2 is 2.17 bits per heavy atom. The Bertz CT molecular complexity index is 103. The van der Waals surface area contributed by atoms with Gasteiger partial charge >= 0.3 is 0 Å². The van der Waals surface area contributed by atoms with Crippen LogP contribution in [0.1, 0.15) is 0 Å². The number of fused-ring (bicyclic) bond motifs is 1. The normalized spacial score (nSPS) is 59.7. The lowest BCUT2D eigenvalue weighted by Gasteiger charge is -1.81. The summed E-state index contributed by atoms with van der Waals surface area (Å²) in [5.74, 6) is -0.722. The highest BCUT2D eigenvalue weighted by atomic mass is 17.0. The van der Waals surface area contributed by atoms with Crippen molar-refractivity contribution in [2.24, 2.45) is 0 Å². The van der Waals surface area contributed by atoms with Gasteiger partial charge in [0.15, 0.2) is 6.29 Å². The molecule has 0 radical (unpaired) electrons. The van der Waals surface area contributed by atoms with Crippen LogP contribution in [0.5, 0.6) is 0 Å². The molecule has 0 atom stereocenters. The Morgan fingerprint density at radius 1 is 1.67 bits per heavy atom. The van der Waals surface area contributed by atoms with E-state index in [1.165, 1.54) is 0 Å². The Balaban J connectivity index is 2.27. The topological polar surface area (TPSA) is 42.1 Å². The number of carbonyl (C=O) groups excluding carboxylic acids is 1. The molecule has 6 heavy (non-hydrogen) atoms. The Morgan fingerprint density at radius 3 is 2.17 bits per heavy atom. The first kappa shape index (κ1) is 2.71. The van der Waals surface area contributed by atoms with E-state index in [0.29, 0.717) is 6.29 Å². The third-order valence-corrected chi connectivity index (χ3v) is 0.961. The molecule has 0 saturated carbocycles. The van der Waals surface area contributed by atoms with Gasteiger partial charge in [-0.2, -0.15) is 0 Å². The lowest BCUT2D eigenvalue weighted by Crippen LogP contribution is -1.97. The third kappa shape index (κ3) is 0.113. The number of hydrogen-bond acceptors (Lipinski definition) is 3. The standard InChI is InChI=1S/C3H2O3/c4-1-3-2(5-3)6-3/h1-2H. The number of hydrogen-bond donors (Lipinski definition) is 0. The minimum atomic E-state index is -0.722. The van der Waals surface area contributed by atoms with Gasteiger partial charge in [-0.25, -0.2) is 0 Å². The molecule has 2 aliphatic rings. The second-order valence-electron chi connectivity index (χ2n) is 1.41. The van der Waals surface area contributed by atoms with Crippen LogP contribution >= 0.6 is 0 Å². The predicted octanol–water partition coefficient (Wildman–Crippen LogP) is -0.732. The molecule has 0 aromatic carbocycles. The van der Waals surface area contributed by atoms with Crippen molar-refractivity contribution in [3.8, 4) is 0 Å². The number of epoxide rings is 2. The van der Waals surface area contributed by atoms with Gasteiger partial charge in [0.05, 0.1) is 0 Å². The quantitative estimate of drug-likeness (QED) is 0.312. The van der Waals surface area contributed by atoms with E-state index in [9.17, 15) is 4.79 Å². The highest BCUT2D eigenvalue weighted by Gasteiger charge is 2.78. The molecule has 2 saturated heterocycles. The van der Waals surface area contributed by atoms with E-state index >= 15 is 0 Å². The van der Waals surface area contributed by atoms with Crippen LogP contribution < -0.4 is 0 Å². The van der Waals surface area contributed by atoms with Gasteiger partial charge in [-0.3, -0.25) is 4.79 Å². The highest BCUT2D eigenvalue weighted by Crippen LogP contribution is 2.53. The van der Waals surface area contributed by atoms with Crippen LogP contribution in [0, 0.1) is 0 Å². The van der Waals surface area contributed by atoms with Crippen molar-refractivity contribution in [3.05, 3.63) is 0 Å². The second kappa shape index (κ2) is 0.440. The van der Waals surface area contributed by atoms with Crippen molar-refractivity contribution in [1.82, 2.24) is 0 Å². The molecule has 0 aliphatic carbocycles. The van der Waals surface area contributed by atoms with Gasteiger partial charge in [-0.15, -0.1) is 0 Å². The van der Waals surface area contributed by atoms with E-state index in [0.717, 1.165) is 0 Å². The first-order valence-electron chi connectivity index (χ1n) is 1.69. The molecule has 2 fully saturated rings. The molecule has 0 N–H and O–H groups in total. The largest absolute Gasteiger partial charge is 0.304 e. The van der Waals surface area contributed by atoms with Crippen molar-refractivity contribution in [1.29, 1.82) is 0 Å².